The van der Waals surface area contributed by atoms with E-state index >= 15 is 0 Å². The first-order chi connectivity index (χ1) is 8.60. The SMILES string of the molecule is Cc1ccc(F)cc1CN1CC/C(=N\O)C(C)C1. The van der Waals surface area contributed by atoms with Crippen molar-refractivity contribution in [3.05, 3.63) is 35.1 Å². The summed E-state index contributed by atoms with van der Waals surface area (Å²) in [6.07, 6.45) is 0.784. The lowest BCUT2D eigenvalue weighted by Crippen LogP contribution is -2.39. The Labute approximate surface area is 107 Å². The first-order valence-electron chi connectivity index (χ1n) is 6.28. The van der Waals surface area contributed by atoms with Crippen LogP contribution in [0.15, 0.2) is 23.4 Å². The lowest BCUT2D eigenvalue weighted by atomic mass is 9.97. The van der Waals surface area contributed by atoms with Crippen LogP contribution in [0.25, 0.3) is 0 Å². The van der Waals surface area contributed by atoms with Gasteiger partial charge in [-0.05, 0) is 30.2 Å². The van der Waals surface area contributed by atoms with Gasteiger partial charge in [-0.1, -0.05) is 18.1 Å². The summed E-state index contributed by atoms with van der Waals surface area (Å²) in [7, 11) is 0. The zero-order chi connectivity index (χ0) is 13.1. The smallest absolute Gasteiger partial charge is 0.123 e. The van der Waals surface area contributed by atoms with Crippen LogP contribution in [0, 0.1) is 18.7 Å². The molecule has 1 aliphatic heterocycles. The zero-order valence-electron chi connectivity index (χ0n) is 10.9. The third-order valence-corrected chi connectivity index (χ3v) is 3.62. The molecular weight excluding hydrogens is 231 g/mol. The molecule has 1 fully saturated rings. The van der Waals surface area contributed by atoms with E-state index in [1.807, 2.05) is 13.0 Å². The van der Waals surface area contributed by atoms with Crippen molar-refractivity contribution in [1.29, 1.82) is 0 Å². The van der Waals surface area contributed by atoms with Crippen molar-refractivity contribution in [2.24, 2.45) is 11.1 Å². The van der Waals surface area contributed by atoms with Gasteiger partial charge in [-0.2, -0.15) is 0 Å². The highest BCUT2D eigenvalue weighted by atomic mass is 19.1. The van der Waals surface area contributed by atoms with Gasteiger partial charge in [0.25, 0.3) is 0 Å². The fraction of sp³-hybridized carbons (Fsp3) is 0.500. The van der Waals surface area contributed by atoms with Crippen molar-refractivity contribution in [3.63, 3.8) is 0 Å². The summed E-state index contributed by atoms with van der Waals surface area (Å²) in [4.78, 5) is 2.28. The number of likely N-dealkylation sites (tertiary alicyclic amines) is 1. The van der Waals surface area contributed by atoms with Gasteiger partial charge in [0.2, 0.25) is 0 Å². The molecule has 0 amide bonds. The van der Waals surface area contributed by atoms with Crippen molar-refractivity contribution in [2.75, 3.05) is 13.1 Å². The van der Waals surface area contributed by atoms with E-state index in [0.717, 1.165) is 42.9 Å². The summed E-state index contributed by atoms with van der Waals surface area (Å²) < 4.78 is 13.2. The first kappa shape index (κ1) is 13.0. The molecule has 1 unspecified atom stereocenters. The Morgan fingerprint density at radius 1 is 1.50 bits per heavy atom. The number of oxime groups is 1. The number of nitrogens with zero attached hydrogens (tertiary/aromatic N) is 2. The highest BCUT2D eigenvalue weighted by Gasteiger charge is 2.22. The maximum absolute atomic E-state index is 13.2. The second kappa shape index (κ2) is 5.48. The van der Waals surface area contributed by atoms with Gasteiger partial charge < -0.3 is 5.21 Å². The van der Waals surface area contributed by atoms with Crippen LogP contribution in [0.3, 0.4) is 0 Å². The highest BCUT2D eigenvalue weighted by molar-refractivity contribution is 5.86. The number of aryl methyl sites for hydroxylation is 1. The Bertz CT molecular complexity index is 459. The first-order valence-corrected chi connectivity index (χ1v) is 6.28. The van der Waals surface area contributed by atoms with Crippen molar-refractivity contribution < 1.29 is 9.60 Å². The number of hydrogen-bond donors (Lipinski definition) is 1. The molecule has 0 bridgehead atoms. The summed E-state index contributed by atoms with van der Waals surface area (Å²) in [5, 5.41) is 12.2. The van der Waals surface area contributed by atoms with E-state index in [1.165, 1.54) is 6.07 Å². The molecule has 3 nitrogen and oxygen atoms in total. The molecule has 1 aromatic rings. The van der Waals surface area contributed by atoms with Crippen LogP contribution in [0.1, 0.15) is 24.5 Å². The fourth-order valence-electron chi connectivity index (χ4n) is 2.45. The molecule has 1 atom stereocenters. The minimum absolute atomic E-state index is 0.182. The minimum atomic E-state index is -0.182. The van der Waals surface area contributed by atoms with Gasteiger partial charge in [0.05, 0.1) is 5.71 Å². The van der Waals surface area contributed by atoms with Gasteiger partial charge in [-0.25, -0.2) is 4.39 Å². The maximum atomic E-state index is 13.2. The number of halogens is 1. The topological polar surface area (TPSA) is 35.8 Å². The lowest BCUT2D eigenvalue weighted by Gasteiger charge is -2.31. The summed E-state index contributed by atoms with van der Waals surface area (Å²) in [5.41, 5.74) is 3.01. The van der Waals surface area contributed by atoms with Gasteiger partial charge in [0.1, 0.15) is 5.82 Å². The van der Waals surface area contributed by atoms with Crippen molar-refractivity contribution in [3.8, 4) is 0 Å². The molecule has 4 heteroatoms. The lowest BCUT2D eigenvalue weighted by molar-refractivity contribution is 0.228. The molecule has 0 aliphatic carbocycles. The average molecular weight is 250 g/mol. The second-order valence-electron chi connectivity index (χ2n) is 5.05. The molecular formula is C14H19FN2O. The molecule has 2 rings (SSSR count). The highest BCUT2D eigenvalue weighted by Crippen LogP contribution is 2.18. The van der Waals surface area contributed by atoms with Crippen LogP contribution in [0.5, 0.6) is 0 Å². The third-order valence-electron chi connectivity index (χ3n) is 3.62. The van der Waals surface area contributed by atoms with Crippen LogP contribution in [-0.2, 0) is 6.54 Å². The van der Waals surface area contributed by atoms with Gasteiger partial charge in [0, 0.05) is 32.0 Å². The molecule has 1 aliphatic rings. The summed E-state index contributed by atoms with van der Waals surface area (Å²) in [6, 6.07) is 4.92. The van der Waals surface area contributed by atoms with Gasteiger partial charge in [-0.15, -0.1) is 0 Å². The van der Waals surface area contributed by atoms with E-state index < -0.39 is 0 Å². The number of hydrogen-bond acceptors (Lipinski definition) is 3. The average Bonchev–Trinajstić information content (AvgIpc) is 2.34. The molecule has 0 aromatic heterocycles. The van der Waals surface area contributed by atoms with Gasteiger partial charge in [0.15, 0.2) is 0 Å². The Balaban J connectivity index is 2.04. The van der Waals surface area contributed by atoms with Crippen molar-refractivity contribution in [2.45, 2.75) is 26.8 Å². The van der Waals surface area contributed by atoms with E-state index in [-0.39, 0.29) is 11.7 Å². The molecule has 1 N–H and O–H groups in total. The molecule has 0 radical (unpaired) electrons. The second-order valence-corrected chi connectivity index (χ2v) is 5.05. The van der Waals surface area contributed by atoms with Crippen LogP contribution in [0.2, 0.25) is 0 Å². The summed E-state index contributed by atoms with van der Waals surface area (Å²) >= 11 is 0. The van der Waals surface area contributed by atoms with Crippen LogP contribution in [0.4, 0.5) is 4.39 Å². The Kier molecular flexibility index (Phi) is 3.97. The normalized spacial score (nSPS) is 23.5. The van der Waals surface area contributed by atoms with E-state index in [0.29, 0.717) is 0 Å². The monoisotopic (exact) mass is 250 g/mol. The van der Waals surface area contributed by atoms with E-state index in [2.05, 4.69) is 17.0 Å². The van der Waals surface area contributed by atoms with E-state index in [4.69, 9.17) is 5.21 Å². The molecule has 18 heavy (non-hydrogen) atoms. The molecule has 0 spiro atoms. The predicted octanol–water partition coefficient (Wildman–Crippen LogP) is 2.81. The van der Waals surface area contributed by atoms with Crippen LogP contribution in [-0.4, -0.2) is 28.9 Å². The van der Waals surface area contributed by atoms with Gasteiger partial charge >= 0.3 is 0 Å². The minimum Gasteiger partial charge on any atom is -0.411 e. The summed E-state index contributed by atoms with van der Waals surface area (Å²) in [6.45, 7) is 6.53. The number of rotatable bonds is 2. The van der Waals surface area contributed by atoms with E-state index in [9.17, 15) is 4.39 Å². The third kappa shape index (κ3) is 2.88. The Morgan fingerprint density at radius 3 is 2.94 bits per heavy atom. The number of benzene rings is 1. The Hall–Kier alpha value is -1.42. The van der Waals surface area contributed by atoms with Crippen molar-refractivity contribution in [1.82, 2.24) is 4.90 Å². The molecule has 1 aromatic carbocycles. The molecule has 1 heterocycles. The fourth-order valence-corrected chi connectivity index (χ4v) is 2.45. The van der Waals surface area contributed by atoms with Crippen LogP contribution < -0.4 is 0 Å². The van der Waals surface area contributed by atoms with Gasteiger partial charge in [-0.3, -0.25) is 4.90 Å². The summed E-state index contributed by atoms with van der Waals surface area (Å²) in [5.74, 6) is 0.0795. The van der Waals surface area contributed by atoms with Crippen molar-refractivity contribution >= 4 is 5.71 Å². The molecule has 1 saturated heterocycles. The standard InChI is InChI=1S/C14H19FN2O/c1-10-3-4-13(15)7-12(10)9-17-6-5-14(16-18)11(2)8-17/h3-4,7,11,18H,5-6,8-9H2,1-2H3/b16-14+. The molecule has 98 valence electrons. The quantitative estimate of drug-likeness (QED) is 0.647. The Morgan fingerprint density at radius 2 is 2.28 bits per heavy atom. The largest absolute Gasteiger partial charge is 0.411 e. The predicted molar refractivity (Wildman–Crippen MR) is 69.4 cm³/mol. The van der Waals surface area contributed by atoms with E-state index in [1.54, 1.807) is 6.07 Å². The molecule has 0 saturated carbocycles. The number of piperidine rings is 1. The van der Waals surface area contributed by atoms with Crippen LogP contribution >= 0.6 is 0 Å². The zero-order valence-corrected chi connectivity index (χ0v) is 10.9. The maximum Gasteiger partial charge on any atom is 0.123 e.